The van der Waals surface area contributed by atoms with Crippen molar-refractivity contribution >= 4 is 38.5 Å². The molecule has 2 aromatic heterocycles. The lowest BCUT2D eigenvalue weighted by atomic mass is 10.1. The number of aliphatic hydroxyl groups excluding tert-OH is 3. The SMILES string of the molecule is Nc1ncnc2c1c(-c1ccc(SCl)cc1)cn2C1OC(CO)C(O)C1O. The lowest BCUT2D eigenvalue weighted by Gasteiger charge is -2.17. The minimum atomic E-state index is -1.23. The Labute approximate surface area is 163 Å². The highest BCUT2D eigenvalue weighted by Gasteiger charge is 2.44. The number of anilines is 1. The molecule has 0 radical (unpaired) electrons. The van der Waals surface area contributed by atoms with Gasteiger partial charge in [-0.1, -0.05) is 12.1 Å². The van der Waals surface area contributed by atoms with E-state index in [4.69, 9.17) is 21.2 Å². The van der Waals surface area contributed by atoms with Gasteiger partial charge in [0.1, 0.15) is 36.1 Å². The normalized spacial score (nSPS) is 25.3. The van der Waals surface area contributed by atoms with Gasteiger partial charge < -0.3 is 30.4 Å². The molecule has 142 valence electrons. The second-order valence-electron chi connectivity index (χ2n) is 6.24. The molecule has 8 nitrogen and oxygen atoms in total. The van der Waals surface area contributed by atoms with Gasteiger partial charge in [0, 0.05) is 16.7 Å². The van der Waals surface area contributed by atoms with Crippen molar-refractivity contribution in [2.75, 3.05) is 12.3 Å². The minimum Gasteiger partial charge on any atom is -0.394 e. The molecule has 3 aromatic rings. The average Bonchev–Trinajstić information content (AvgIpc) is 3.21. The van der Waals surface area contributed by atoms with Crippen LogP contribution in [0.2, 0.25) is 0 Å². The van der Waals surface area contributed by atoms with E-state index in [1.807, 2.05) is 24.3 Å². The molecule has 0 aliphatic carbocycles. The number of aliphatic hydroxyl groups is 3. The van der Waals surface area contributed by atoms with Gasteiger partial charge in [0.15, 0.2) is 6.23 Å². The Morgan fingerprint density at radius 2 is 1.93 bits per heavy atom. The molecule has 4 unspecified atom stereocenters. The Hall–Kier alpha value is -1.88. The smallest absolute Gasteiger partial charge is 0.164 e. The quantitative estimate of drug-likeness (QED) is 0.512. The predicted molar refractivity (Wildman–Crippen MR) is 102 cm³/mol. The standard InChI is InChI=1S/C17H17ClN4O4S/c18-27-9-3-1-8(2-4-9)10-5-22(16-12(10)15(19)20-7-21-16)17-14(25)13(24)11(6-23)26-17/h1-5,7,11,13-14,17,23-25H,6H2,(H2,19,20,21). The molecule has 10 heteroatoms. The van der Waals surface area contributed by atoms with E-state index in [1.165, 1.54) is 6.33 Å². The molecule has 3 heterocycles. The van der Waals surface area contributed by atoms with Gasteiger partial charge in [-0.2, -0.15) is 0 Å². The van der Waals surface area contributed by atoms with Gasteiger partial charge in [0.25, 0.3) is 0 Å². The number of halogens is 1. The maximum atomic E-state index is 10.4. The number of rotatable bonds is 4. The van der Waals surface area contributed by atoms with Crippen molar-refractivity contribution in [2.45, 2.75) is 29.4 Å². The maximum absolute atomic E-state index is 10.4. The molecule has 0 saturated carbocycles. The van der Waals surface area contributed by atoms with Crippen LogP contribution in [0.5, 0.6) is 0 Å². The van der Waals surface area contributed by atoms with Gasteiger partial charge in [-0.05, 0) is 39.4 Å². The zero-order valence-electron chi connectivity index (χ0n) is 13.9. The fourth-order valence-corrected chi connectivity index (χ4v) is 3.86. The van der Waals surface area contributed by atoms with Crippen molar-refractivity contribution < 1.29 is 20.1 Å². The highest BCUT2D eigenvalue weighted by Crippen LogP contribution is 2.38. The van der Waals surface area contributed by atoms with Gasteiger partial charge >= 0.3 is 0 Å². The Morgan fingerprint density at radius 1 is 1.19 bits per heavy atom. The van der Waals surface area contributed by atoms with Crippen molar-refractivity contribution in [2.24, 2.45) is 0 Å². The first-order chi connectivity index (χ1) is 13.0. The number of aromatic nitrogens is 3. The van der Waals surface area contributed by atoms with Crippen LogP contribution >= 0.6 is 21.7 Å². The van der Waals surface area contributed by atoms with Crippen molar-refractivity contribution in [3.63, 3.8) is 0 Å². The van der Waals surface area contributed by atoms with Crippen LogP contribution in [-0.2, 0) is 4.74 Å². The summed E-state index contributed by atoms with van der Waals surface area (Å²) in [6, 6.07) is 7.55. The van der Waals surface area contributed by atoms with Crippen molar-refractivity contribution in [1.82, 2.24) is 14.5 Å². The molecule has 1 aliphatic heterocycles. The van der Waals surface area contributed by atoms with Crippen LogP contribution in [-0.4, -0.2) is 54.8 Å². The van der Waals surface area contributed by atoms with E-state index in [0.717, 1.165) is 27.0 Å². The first kappa shape index (κ1) is 18.5. The summed E-state index contributed by atoms with van der Waals surface area (Å²) in [5.74, 6) is 0.288. The fraction of sp³-hybridized carbons (Fsp3) is 0.294. The number of hydrogen-bond acceptors (Lipinski definition) is 8. The van der Waals surface area contributed by atoms with Gasteiger partial charge in [-0.25, -0.2) is 9.97 Å². The number of fused-ring (bicyclic) bond motifs is 1. The number of hydrogen-bond donors (Lipinski definition) is 4. The summed E-state index contributed by atoms with van der Waals surface area (Å²) in [5.41, 5.74) is 8.18. The van der Waals surface area contributed by atoms with Crippen molar-refractivity contribution in [3.05, 3.63) is 36.8 Å². The third-order valence-electron chi connectivity index (χ3n) is 4.68. The zero-order valence-corrected chi connectivity index (χ0v) is 15.5. The number of nitrogen functional groups attached to an aromatic ring is 1. The topological polar surface area (TPSA) is 127 Å². The molecular weight excluding hydrogens is 392 g/mol. The summed E-state index contributed by atoms with van der Waals surface area (Å²) in [7, 11) is 6.90. The monoisotopic (exact) mass is 408 g/mol. The summed E-state index contributed by atoms with van der Waals surface area (Å²) >= 11 is 0. The highest BCUT2D eigenvalue weighted by atomic mass is 35.7. The first-order valence-electron chi connectivity index (χ1n) is 8.17. The lowest BCUT2D eigenvalue weighted by Crippen LogP contribution is -2.33. The molecule has 1 saturated heterocycles. The number of nitrogens with zero attached hydrogens (tertiary/aromatic N) is 3. The second-order valence-corrected chi connectivity index (χ2v) is 7.33. The summed E-state index contributed by atoms with van der Waals surface area (Å²) in [4.78, 5) is 9.26. The van der Waals surface area contributed by atoms with Crippen LogP contribution in [0.4, 0.5) is 5.82 Å². The van der Waals surface area contributed by atoms with E-state index in [1.54, 1.807) is 10.8 Å². The Balaban J connectivity index is 1.87. The van der Waals surface area contributed by atoms with Gasteiger partial charge in [-0.3, -0.25) is 0 Å². The fourth-order valence-electron chi connectivity index (χ4n) is 3.32. The van der Waals surface area contributed by atoms with E-state index < -0.39 is 31.1 Å². The van der Waals surface area contributed by atoms with Crippen molar-refractivity contribution in [1.29, 1.82) is 0 Å². The number of ether oxygens (including phenoxy) is 1. The van der Waals surface area contributed by atoms with Crippen molar-refractivity contribution in [3.8, 4) is 11.1 Å². The van der Waals surface area contributed by atoms with E-state index in [-0.39, 0.29) is 5.82 Å². The number of benzene rings is 1. The molecular formula is C17H17ClN4O4S. The lowest BCUT2D eigenvalue weighted by molar-refractivity contribution is -0.0508. The molecule has 4 atom stereocenters. The Kier molecular flexibility index (Phi) is 4.97. The molecule has 1 aromatic carbocycles. The average molecular weight is 409 g/mol. The molecule has 1 aliphatic rings. The van der Waals surface area contributed by atoms with E-state index in [0.29, 0.717) is 11.0 Å². The Morgan fingerprint density at radius 3 is 2.56 bits per heavy atom. The second kappa shape index (κ2) is 7.27. The maximum Gasteiger partial charge on any atom is 0.164 e. The third-order valence-corrected chi connectivity index (χ3v) is 5.67. The van der Waals surface area contributed by atoms with Crippen LogP contribution in [0.25, 0.3) is 22.2 Å². The van der Waals surface area contributed by atoms with Crippen LogP contribution in [0.3, 0.4) is 0 Å². The molecule has 4 rings (SSSR count). The van der Waals surface area contributed by atoms with Gasteiger partial charge in [0.05, 0.1) is 12.0 Å². The van der Waals surface area contributed by atoms with Gasteiger partial charge in [-0.15, -0.1) is 0 Å². The Bertz CT molecular complexity index is 967. The molecule has 1 fully saturated rings. The third kappa shape index (κ3) is 3.06. The van der Waals surface area contributed by atoms with Gasteiger partial charge in [0.2, 0.25) is 0 Å². The minimum absolute atomic E-state index is 0.288. The van der Waals surface area contributed by atoms with E-state index in [2.05, 4.69) is 9.97 Å². The highest BCUT2D eigenvalue weighted by molar-refractivity contribution is 8.21. The molecule has 5 N–H and O–H groups in total. The summed E-state index contributed by atoms with van der Waals surface area (Å²) < 4.78 is 7.25. The summed E-state index contributed by atoms with van der Waals surface area (Å²) in [6.07, 6.45) is -1.16. The largest absolute Gasteiger partial charge is 0.394 e. The molecule has 0 bridgehead atoms. The molecule has 0 spiro atoms. The van der Waals surface area contributed by atoms with Crippen LogP contribution in [0.1, 0.15) is 6.23 Å². The summed E-state index contributed by atoms with van der Waals surface area (Å²) in [5, 5.41) is 30.4. The van der Waals surface area contributed by atoms with Crippen LogP contribution in [0.15, 0.2) is 41.7 Å². The van der Waals surface area contributed by atoms with Crippen LogP contribution < -0.4 is 5.73 Å². The summed E-state index contributed by atoms with van der Waals surface area (Å²) in [6.45, 7) is -0.407. The zero-order chi connectivity index (χ0) is 19.1. The molecule has 0 amide bonds. The van der Waals surface area contributed by atoms with E-state index >= 15 is 0 Å². The molecule has 27 heavy (non-hydrogen) atoms. The predicted octanol–water partition coefficient (Wildman–Crippen LogP) is 1.54. The van der Waals surface area contributed by atoms with E-state index in [9.17, 15) is 15.3 Å². The first-order valence-corrected chi connectivity index (χ1v) is 9.82. The van der Waals surface area contributed by atoms with Crippen LogP contribution in [0, 0.1) is 0 Å². The number of nitrogens with two attached hydrogens (primary N) is 1.